The highest BCUT2D eigenvalue weighted by Gasteiger charge is 2.26. The Labute approximate surface area is 194 Å². The molecule has 7 nitrogen and oxygen atoms in total. The second kappa shape index (κ2) is 10.2. The van der Waals surface area contributed by atoms with Crippen LogP contribution in [-0.4, -0.2) is 53.9 Å². The van der Waals surface area contributed by atoms with E-state index in [1.807, 2.05) is 32.0 Å². The van der Waals surface area contributed by atoms with Gasteiger partial charge < -0.3 is 19.7 Å². The molecule has 1 aromatic heterocycles. The highest BCUT2D eigenvalue weighted by molar-refractivity contribution is 6.02. The van der Waals surface area contributed by atoms with Gasteiger partial charge in [0.1, 0.15) is 5.75 Å². The molecule has 0 bridgehead atoms. The SMILES string of the molecule is CCNC(=O)c1noc(-c2cc(CC)c(C)cc2O)c1-c1ccc(CN2CCOCC2)cc1. The minimum Gasteiger partial charge on any atom is -0.507 e. The summed E-state index contributed by atoms with van der Waals surface area (Å²) in [4.78, 5) is 15.1. The number of hydrogen-bond acceptors (Lipinski definition) is 6. The third-order valence-electron chi connectivity index (χ3n) is 6.08. The van der Waals surface area contributed by atoms with E-state index in [0.29, 0.717) is 23.4 Å². The Morgan fingerprint density at radius 3 is 2.55 bits per heavy atom. The van der Waals surface area contributed by atoms with Crippen LogP contribution in [-0.2, 0) is 17.7 Å². The molecule has 0 saturated carbocycles. The molecule has 2 aromatic carbocycles. The third-order valence-corrected chi connectivity index (χ3v) is 6.08. The maximum absolute atomic E-state index is 12.8. The Morgan fingerprint density at radius 2 is 1.88 bits per heavy atom. The summed E-state index contributed by atoms with van der Waals surface area (Å²) in [7, 11) is 0. The smallest absolute Gasteiger partial charge is 0.274 e. The molecule has 4 rings (SSSR count). The predicted molar refractivity (Wildman–Crippen MR) is 127 cm³/mol. The van der Waals surface area contributed by atoms with Gasteiger partial charge in [-0.15, -0.1) is 0 Å². The Balaban J connectivity index is 1.75. The second-order valence-corrected chi connectivity index (χ2v) is 8.33. The van der Waals surface area contributed by atoms with E-state index < -0.39 is 0 Å². The van der Waals surface area contributed by atoms with Gasteiger partial charge in [0.25, 0.3) is 5.91 Å². The molecule has 1 saturated heterocycles. The van der Waals surface area contributed by atoms with Gasteiger partial charge in [-0.2, -0.15) is 0 Å². The van der Waals surface area contributed by atoms with Crippen LogP contribution in [0.2, 0.25) is 0 Å². The number of nitrogens with one attached hydrogen (secondary N) is 1. The lowest BCUT2D eigenvalue weighted by atomic mass is 9.94. The van der Waals surface area contributed by atoms with Gasteiger partial charge in [-0.1, -0.05) is 36.3 Å². The maximum Gasteiger partial charge on any atom is 0.274 e. The summed E-state index contributed by atoms with van der Waals surface area (Å²) in [6.45, 7) is 10.6. The van der Waals surface area contributed by atoms with Gasteiger partial charge in [0.2, 0.25) is 0 Å². The van der Waals surface area contributed by atoms with E-state index in [-0.39, 0.29) is 17.4 Å². The van der Waals surface area contributed by atoms with Gasteiger partial charge in [0.15, 0.2) is 11.5 Å². The minimum absolute atomic E-state index is 0.105. The van der Waals surface area contributed by atoms with E-state index in [2.05, 4.69) is 34.4 Å². The summed E-state index contributed by atoms with van der Waals surface area (Å²) in [5.41, 5.74) is 5.45. The van der Waals surface area contributed by atoms with E-state index >= 15 is 0 Å². The summed E-state index contributed by atoms with van der Waals surface area (Å²) in [6.07, 6.45) is 0.821. The number of aryl methyl sites for hydroxylation is 2. The minimum atomic E-state index is -0.304. The molecule has 33 heavy (non-hydrogen) atoms. The fraction of sp³-hybridized carbons (Fsp3) is 0.385. The Bertz CT molecular complexity index is 1120. The second-order valence-electron chi connectivity index (χ2n) is 8.33. The summed E-state index contributed by atoms with van der Waals surface area (Å²) in [6, 6.07) is 11.8. The molecule has 3 aromatic rings. The fourth-order valence-electron chi connectivity index (χ4n) is 4.24. The molecule has 0 spiro atoms. The molecule has 7 heteroatoms. The largest absolute Gasteiger partial charge is 0.507 e. The van der Waals surface area contributed by atoms with Crippen molar-refractivity contribution in [1.82, 2.24) is 15.4 Å². The monoisotopic (exact) mass is 449 g/mol. The Hall–Kier alpha value is -3.16. The van der Waals surface area contributed by atoms with Gasteiger partial charge in [0.05, 0.1) is 24.3 Å². The number of amides is 1. The molecule has 0 radical (unpaired) electrons. The lowest BCUT2D eigenvalue weighted by Gasteiger charge is -2.26. The quantitative estimate of drug-likeness (QED) is 0.563. The van der Waals surface area contributed by atoms with Crippen LogP contribution in [0.15, 0.2) is 40.9 Å². The molecular weight excluding hydrogens is 418 g/mol. The molecule has 1 aliphatic rings. The summed E-state index contributed by atoms with van der Waals surface area (Å²) < 4.78 is 11.1. The van der Waals surface area contributed by atoms with Crippen LogP contribution in [0, 0.1) is 6.92 Å². The van der Waals surface area contributed by atoms with Gasteiger partial charge in [-0.05, 0) is 54.7 Å². The number of carbonyl (C=O) groups excluding carboxylic acids is 1. The van der Waals surface area contributed by atoms with Crippen LogP contribution in [0.5, 0.6) is 5.75 Å². The standard InChI is InChI=1S/C26H31N3O4/c1-4-19-15-21(22(30)14-17(19)3)25-23(24(28-33-25)26(31)27-5-2)20-8-6-18(7-9-20)16-29-10-12-32-13-11-29/h6-9,14-15,30H,4-5,10-13,16H2,1-3H3,(H,27,31). The topological polar surface area (TPSA) is 87.8 Å². The van der Waals surface area contributed by atoms with Crippen LogP contribution in [0.4, 0.5) is 0 Å². The van der Waals surface area contributed by atoms with Crippen molar-refractivity contribution in [2.24, 2.45) is 0 Å². The number of aromatic nitrogens is 1. The van der Waals surface area contributed by atoms with E-state index in [9.17, 15) is 9.90 Å². The number of rotatable bonds is 7. The molecular formula is C26H31N3O4. The number of hydrogen-bond donors (Lipinski definition) is 2. The van der Waals surface area contributed by atoms with E-state index in [0.717, 1.165) is 56.0 Å². The summed E-state index contributed by atoms with van der Waals surface area (Å²) in [5, 5.41) is 17.6. The first-order chi connectivity index (χ1) is 16.0. The molecule has 0 unspecified atom stereocenters. The first-order valence-corrected chi connectivity index (χ1v) is 11.5. The normalized spacial score (nSPS) is 14.4. The van der Waals surface area contributed by atoms with E-state index in [4.69, 9.17) is 9.26 Å². The van der Waals surface area contributed by atoms with E-state index in [1.165, 1.54) is 5.56 Å². The van der Waals surface area contributed by atoms with Crippen molar-refractivity contribution in [3.8, 4) is 28.2 Å². The zero-order valence-corrected chi connectivity index (χ0v) is 19.5. The number of nitrogens with zero attached hydrogens (tertiary/aromatic N) is 2. The Morgan fingerprint density at radius 1 is 1.15 bits per heavy atom. The number of benzene rings is 2. The van der Waals surface area contributed by atoms with Crippen molar-refractivity contribution in [1.29, 1.82) is 0 Å². The molecule has 1 fully saturated rings. The van der Waals surface area contributed by atoms with Crippen molar-refractivity contribution < 1.29 is 19.2 Å². The van der Waals surface area contributed by atoms with Crippen molar-refractivity contribution >= 4 is 5.91 Å². The number of morpholine rings is 1. The van der Waals surface area contributed by atoms with Crippen molar-refractivity contribution in [2.75, 3.05) is 32.8 Å². The molecule has 1 aliphatic heterocycles. The summed E-state index contributed by atoms with van der Waals surface area (Å²) in [5.74, 6) is 0.195. The zero-order valence-electron chi connectivity index (χ0n) is 19.5. The molecule has 1 amide bonds. The van der Waals surface area contributed by atoms with Gasteiger partial charge in [0, 0.05) is 26.2 Å². The number of aromatic hydroxyl groups is 1. The van der Waals surface area contributed by atoms with Crippen LogP contribution in [0.3, 0.4) is 0 Å². The van der Waals surface area contributed by atoms with Crippen LogP contribution in [0.1, 0.15) is 41.0 Å². The zero-order chi connectivity index (χ0) is 23.4. The maximum atomic E-state index is 12.8. The van der Waals surface area contributed by atoms with Crippen LogP contribution >= 0.6 is 0 Å². The van der Waals surface area contributed by atoms with E-state index in [1.54, 1.807) is 6.07 Å². The highest BCUT2D eigenvalue weighted by atomic mass is 16.5. The molecule has 0 atom stereocenters. The number of ether oxygens (including phenoxy) is 1. The average molecular weight is 450 g/mol. The first-order valence-electron chi connectivity index (χ1n) is 11.5. The average Bonchev–Trinajstić information content (AvgIpc) is 3.25. The molecule has 174 valence electrons. The van der Waals surface area contributed by atoms with Crippen molar-refractivity contribution in [3.05, 3.63) is 58.8 Å². The third kappa shape index (κ3) is 4.94. The lowest BCUT2D eigenvalue weighted by molar-refractivity contribution is 0.0342. The highest BCUT2D eigenvalue weighted by Crippen LogP contribution is 2.40. The van der Waals surface area contributed by atoms with Gasteiger partial charge >= 0.3 is 0 Å². The number of phenolic OH excluding ortho intramolecular Hbond substituents is 1. The molecule has 0 aliphatic carbocycles. The van der Waals surface area contributed by atoms with Gasteiger partial charge in [-0.3, -0.25) is 9.69 Å². The van der Waals surface area contributed by atoms with Crippen LogP contribution in [0.25, 0.3) is 22.5 Å². The van der Waals surface area contributed by atoms with Gasteiger partial charge in [-0.25, -0.2) is 0 Å². The summed E-state index contributed by atoms with van der Waals surface area (Å²) >= 11 is 0. The number of phenols is 1. The number of carbonyl (C=O) groups is 1. The van der Waals surface area contributed by atoms with Crippen LogP contribution < -0.4 is 5.32 Å². The lowest BCUT2D eigenvalue weighted by Crippen LogP contribution is -2.35. The van der Waals surface area contributed by atoms with Crippen molar-refractivity contribution in [3.63, 3.8) is 0 Å². The molecule has 2 N–H and O–H groups in total. The van der Waals surface area contributed by atoms with Crippen molar-refractivity contribution in [2.45, 2.75) is 33.7 Å². The predicted octanol–water partition coefficient (Wildman–Crippen LogP) is 4.17. The first kappa shape index (κ1) is 23.0. The Kier molecular flexibility index (Phi) is 7.11. The molecule has 2 heterocycles. The fourth-order valence-corrected chi connectivity index (χ4v) is 4.24.